The highest BCUT2D eigenvalue weighted by Gasteiger charge is 2.20. The van der Waals surface area contributed by atoms with E-state index >= 15 is 0 Å². The highest BCUT2D eigenvalue weighted by atomic mass is 32.2. The van der Waals surface area contributed by atoms with Crippen LogP contribution in [0.15, 0.2) is 23.6 Å². The van der Waals surface area contributed by atoms with Crippen LogP contribution >= 0.6 is 0 Å². The van der Waals surface area contributed by atoms with Gasteiger partial charge in [0, 0.05) is 25.8 Å². The number of piperidine rings is 1. The predicted molar refractivity (Wildman–Crippen MR) is 91.5 cm³/mol. The minimum atomic E-state index is -3.74. The highest BCUT2D eigenvalue weighted by Crippen LogP contribution is 2.18. The van der Waals surface area contributed by atoms with Crippen LogP contribution in [-0.4, -0.2) is 41.0 Å². The first-order valence-electron chi connectivity index (χ1n) is 8.13. The molecule has 1 aliphatic heterocycles. The van der Waals surface area contributed by atoms with Crippen LogP contribution < -0.4 is 9.62 Å². The minimum absolute atomic E-state index is 0.00181. The Balaban J connectivity index is 1.74. The van der Waals surface area contributed by atoms with Gasteiger partial charge in [0.05, 0.1) is 18.1 Å². The number of anilines is 2. The van der Waals surface area contributed by atoms with Crippen LogP contribution in [0.1, 0.15) is 32.0 Å². The van der Waals surface area contributed by atoms with Gasteiger partial charge in [-0.25, -0.2) is 15.0 Å². The number of rotatable bonds is 5. The molecule has 8 nitrogen and oxygen atoms in total. The van der Waals surface area contributed by atoms with Crippen LogP contribution in [0.5, 0.6) is 0 Å². The third kappa shape index (κ3) is 3.50. The minimum Gasteiger partial charge on any atom is -0.341 e. The van der Waals surface area contributed by atoms with Crippen molar-refractivity contribution in [2.75, 3.05) is 22.7 Å². The van der Waals surface area contributed by atoms with Crippen LogP contribution in [0.25, 0.3) is 0 Å². The molecule has 2 aromatic heterocycles. The summed E-state index contributed by atoms with van der Waals surface area (Å²) < 4.78 is 29.1. The molecule has 24 heavy (non-hydrogen) atoms. The number of hydrogen-bond donors (Lipinski definition) is 1. The van der Waals surface area contributed by atoms with Gasteiger partial charge in [-0.3, -0.25) is 4.72 Å². The van der Waals surface area contributed by atoms with E-state index in [2.05, 4.69) is 24.6 Å². The van der Waals surface area contributed by atoms with Crippen molar-refractivity contribution >= 4 is 21.7 Å². The lowest BCUT2D eigenvalue weighted by molar-refractivity contribution is 0.568. The standard InChI is InChI=1S/C15H22N6O2S/c1-3-20-11-14(18-12(20)2)24(22,23)19-13-9-16-15(17-10-13)21-7-5-4-6-8-21/h9-11,19H,3-8H2,1-2H3. The third-order valence-electron chi connectivity index (χ3n) is 4.10. The molecule has 3 heterocycles. The van der Waals surface area contributed by atoms with E-state index < -0.39 is 10.0 Å². The number of aromatic nitrogens is 4. The molecule has 0 radical (unpaired) electrons. The van der Waals surface area contributed by atoms with Crippen molar-refractivity contribution in [3.63, 3.8) is 0 Å². The zero-order chi connectivity index (χ0) is 17.2. The maximum Gasteiger partial charge on any atom is 0.281 e. The molecular formula is C15H22N6O2S. The van der Waals surface area contributed by atoms with Gasteiger partial charge >= 0.3 is 0 Å². The van der Waals surface area contributed by atoms with Gasteiger partial charge in [0.25, 0.3) is 10.0 Å². The third-order valence-corrected chi connectivity index (χ3v) is 5.35. The monoisotopic (exact) mass is 350 g/mol. The van der Waals surface area contributed by atoms with Gasteiger partial charge in [-0.1, -0.05) is 0 Å². The highest BCUT2D eigenvalue weighted by molar-refractivity contribution is 7.92. The molecule has 0 unspecified atom stereocenters. The summed E-state index contributed by atoms with van der Waals surface area (Å²) in [6.07, 6.45) is 8.03. The zero-order valence-electron chi connectivity index (χ0n) is 13.9. The first kappa shape index (κ1) is 16.7. The van der Waals surface area contributed by atoms with E-state index in [4.69, 9.17) is 0 Å². The summed E-state index contributed by atoms with van der Waals surface area (Å²) in [5.74, 6) is 1.30. The van der Waals surface area contributed by atoms with Crippen LogP contribution in [-0.2, 0) is 16.6 Å². The van der Waals surface area contributed by atoms with E-state index in [0.29, 0.717) is 24.0 Å². The lowest BCUT2D eigenvalue weighted by Gasteiger charge is -2.26. The fourth-order valence-electron chi connectivity index (χ4n) is 2.77. The van der Waals surface area contributed by atoms with Crippen LogP contribution in [0.4, 0.5) is 11.6 Å². The van der Waals surface area contributed by atoms with Gasteiger partial charge in [-0.15, -0.1) is 0 Å². The quantitative estimate of drug-likeness (QED) is 0.884. The summed E-state index contributed by atoms with van der Waals surface area (Å²) in [6, 6.07) is 0. The lowest BCUT2D eigenvalue weighted by Crippen LogP contribution is -2.30. The number of imidazole rings is 1. The molecule has 0 bridgehead atoms. The molecule has 1 N–H and O–H groups in total. The summed E-state index contributed by atoms with van der Waals surface area (Å²) >= 11 is 0. The number of hydrogen-bond acceptors (Lipinski definition) is 6. The fraction of sp³-hybridized carbons (Fsp3) is 0.533. The van der Waals surface area contributed by atoms with Crippen LogP contribution in [0.3, 0.4) is 0 Å². The average molecular weight is 350 g/mol. The summed E-state index contributed by atoms with van der Waals surface area (Å²) in [4.78, 5) is 14.8. The molecule has 0 atom stereocenters. The second-order valence-electron chi connectivity index (χ2n) is 5.84. The van der Waals surface area contributed by atoms with Gasteiger partial charge in [0.2, 0.25) is 5.95 Å². The summed E-state index contributed by atoms with van der Waals surface area (Å²) in [7, 11) is -3.74. The lowest BCUT2D eigenvalue weighted by atomic mass is 10.1. The Bertz CT molecular complexity index is 794. The Labute approximate surface area is 142 Å². The summed E-state index contributed by atoms with van der Waals surface area (Å²) in [6.45, 7) is 6.27. The largest absolute Gasteiger partial charge is 0.341 e. The maximum atomic E-state index is 12.4. The molecule has 0 aromatic carbocycles. The molecule has 9 heteroatoms. The zero-order valence-corrected chi connectivity index (χ0v) is 14.8. The van der Waals surface area contributed by atoms with Crippen molar-refractivity contribution in [1.82, 2.24) is 19.5 Å². The molecule has 1 fully saturated rings. The van der Waals surface area contributed by atoms with Gasteiger partial charge < -0.3 is 9.47 Å². The van der Waals surface area contributed by atoms with Crippen molar-refractivity contribution in [2.45, 2.75) is 44.7 Å². The Kier molecular flexibility index (Phi) is 4.70. The SMILES string of the molecule is CCn1cc(S(=O)(=O)Nc2cnc(N3CCCCC3)nc2)nc1C. The molecule has 1 saturated heterocycles. The molecule has 0 saturated carbocycles. The van der Waals surface area contributed by atoms with Gasteiger partial charge in [-0.05, 0) is 33.1 Å². The number of nitrogens with zero attached hydrogens (tertiary/aromatic N) is 5. The molecule has 0 spiro atoms. The normalized spacial score (nSPS) is 15.5. The smallest absolute Gasteiger partial charge is 0.281 e. The molecule has 1 aliphatic rings. The van der Waals surface area contributed by atoms with E-state index in [0.717, 1.165) is 25.9 Å². The Morgan fingerprint density at radius 1 is 1.17 bits per heavy atom. The molecule has 3 rings (SSSR count). The van der Waals surface area contributed by atoms with Crippen molar-refractivity contribution in [3.8, 4) is 0 Å². The van der Waals surface area contributed by atoms with E-state index in [1.165, 1.54) is 25.0 Å². The summed E-state index contributed by atoms with van der Waals surface area (Å²) in [5.41, 5.74) is 0.333. The Hall–Kier alpha value is -2.16. The van der Waals surface area contributed by atoms with Crippen LogP contribution in [0.2, 0.25) is 0 Å². The average Bonchev–Trinajstić information content (AvgIpc) is 2.98. The van der Waals surface area contributed by atoms with E-state index in [9.17, 15) is 8.42 Å². The fourth-order valence-corrected chi connectivity index (χ4v) is 3.81. The topological polar surface area (TPSA) is 93.0 Å². The van der Waals surface area contributed by atoms with Crippen LogP contribution in [0, 0.1) is 6.92 Å². The maximum absolute atomic E-state index is 12.4. The van der Waals surface area contributed by atoms with E-state index in [1.54, 1.807) is 11.5 Å². The molecule has 0 amide bonds. The van der Waals surface area contributed by atoms with Gasteiger partial charge in [0.15, 0.2) is 5.03 Å². The van der Waals surface area contributed by atoms with Crippen molar-refractivity contribution in [3.05, 3.63) is 24.4 Å². The van der Waals surface area contributed by atoms with Crippen molar-refractivity contribution in [1.29, 1.82) is 0 Å². The molecule has 130 valence electrons. The predicted octanol–water partition coefficient (Wildman–Crippen LogP) is 1.79. The molecule has 0 aliphatic carbocycles. The number of nitrogens with one attached hydrogen (secondary N) is 1. The number of aryl methyl sites for hydroxylation is 2. The van der Waals surface area contributed by atoms with E-state index in [1.807, 2.05) is 6.92 Å². The number of sulfonamides is 1. The second kappa shape index (κ2) is 6.76. The first-order chi connectivity index (χ1) is 11.5. The summed E-state index contributed by atoms with van der Waals surface area (Å²) in [5, 5.41) is 0.00181. The Morgan fingerprint density at radius 3 is 2.42 bits per heavy atom. The van der Waals surface area contributed by atoms with Gasteiger partial charge in [0.1, 0.15) is 5.82 Å². The second-order valence-corrected chi connectivity index (χ2v) is 7.47. The Morgan fingerprint density at radius 2 is 1.83 bits per heavy atom. The molecule has 2 aromatic rings. The van der Waals surface area contributed by atoms with Crippen molar-refractivity contribution < 1.29 is 8.42 Å². The van der Waals surface area contributed by atoms with E-state index in [-0.39, 0.29) is 5.03 Å². The van der Waals surface area contributed by atoms with Crippen molar-refractivity contribution in [2.24, 2.45) is 0 Å². The molecular weight excluding hydrogens is 328 g/mol. The first-order valence-corrected chi connectivity index (χ1v) is 9.61. The van der Waals surface area contributed by atoms with Gasteiger partial charge in [-0.2, -0.15) is 8.42 Å².